The average Bonchev–Trinajstić information content (AvgIpc) is 2.69. The lowest BCUT2D eigenvalue weighted by atomic mass is 9.99. The molecule has 2 aromatic carbocycles. The maximum absolute atomic E-state index is 12.6. The van der Waals surface area contributed by atoms with Crippen molar-refractivity contribution in [3.8, 4) is 0 Å². The number of rotatable bonds is 6. The first-order valence-electron chi connectivity index (χ1n) is 9.33. The number of nitrogens with zero attached hydrogens (tertiary/aromatic N) is 2. The van der Waals surface area contributed by atoms with E-state index in [0.717, 1.165) is 27.7 Å². The van der Waals surface area contributed by atoms with Gasteiger partial charge in [-0.15, -0.1) is 0 Å². The van der Waals surface area contributed by atoms with Crippen molar-refractivity contribution in [1.82, 2.24) is 14.6 Å². The van der Waals surface area contributed by atoms with Gasteiger partial charge in [0.05, 0.1) is 16.8 Å². The molecule has 0 fully saturated rings. The van der Waals surface area contributed by atoms with Crippen LogP contribution in [0.25, 0.3) is 10.9 Å². The van der Waals surface area contributed by atoms with Gasteiger partial charge in [0, 0.05) is 31.7 Å². The highest BCUT2D eigenvalue weighted by Crippen LogP contribution is 2.23. The molecule has 7 heteroatoms. The summed E-state index contributed by atoms with van der Waals surface area (Å²) in [5.41, 5.74) is 4.23. The quantitative estimate of drug-likeness (QED) is 0.676. The van der Waals surface area contributed by atoms with Crippen LogP contribution in [0.5, 0.6) is 0 Å². The number of amides is 1. The predicted octanol–water partition coefficient (Wildman–Crippen LogP) is 2.96. The Morgan fingerprint density at radius 3 is 2.41 bits per heavy atom. The lowest BCUT2D eigenvalue weighted by molar-refractivity contribution is -0.120. The number of para-hydroxylation sites is 1. The molecule has 1 N–H and O–H groups in total. The van der Waals surface area contributed by atoms with Gasteiger partial charge in [-0.3, -0.25) is 9.78 Å². The molecule has 3 rings (SSSR count). The van der Waals surface area contributed by atoms with Gasteiger partial charge in [0.25, 0.3) is 0 Å². The zero-order chi connectivity index (χ0) is 21.2. The van der Waals surface area contributed by atoms with E-state index in [2.05, 4.69) is 10.3 Å². The molecule has 0 aliphatic heterocycles. The van der Waals surface area contributed by atoms with Crippen LogP contribution in [0.2, 0.25) is 0 Å². The maximum atomic E-state index is 12.6. The summed E-state index contributed by atoms with van der Waals surface area (Å²) in [5, 5.41) is 3.88. The molecule has 0 spiro atoms. The average molecular weight is 412 g/mol. The Bertz CT molecular complexity index is 1170. The summed E-state index contributed by atoms with van der Waals surface area (Å²) in [5.74, 6) is -0.176. The number of fused-ring (bicyclic) bond motifs is 1. The van der Waals surface area contributed by atoms with Gasteiger partial charge >= 0.3 is 0 Å². The molecule has 0 saturated heterocycles. The second-order valence-corrected chi connectivity index (χ2v) is 9.29. The second-order valence-electron chi connectivity index (χ2n) is 7.17. The van der Waals surface area contributed by atoms with Gasteiger partial charge < -0.3 is 5.32 Å². The Morgan fingerprint density at radius 2 is 1.69 bits per heavy atom. The number of hydrogen-bond donors (Lipinski definition) is 1. The fourth-order valence-corrected chi connectivity index (χ4v) is 4.46. The fraction of sp³-hybridized carbons (Fsp3) is 0.273. The second kappa shape index (κ2) is 8.31. The molecule has 0 saturated carbocycles. The minimum Gasteiger partial charge on any atom is -0.352 e. The molecule has 0 bridgehead atoms. The topological polar surface area (TPSA) is 79.4 Å². The third-order valence-corrected chi connectivity index (χ3v) is 6.95. The Morgan fingerprint density at radius 1 is 1.03 bits per heavy atom. The molecule has 29 heavy (non-hydrogen) atoms. The highest BCUT2D eigenvalue weighted by Gasteiger charge is 2.21. The van der Waals surface area contributed by atoms with Crippen molar-refractivity contribution in [3.63, 3.8) is 0 Å². The van der Waals surface area contributed by atoms with E-state index in [1.165, 1.54) is 18.4 Å². The van der Waals surface area contributed by atoms with Crippen molar-refractivity contribution >= 4 is 26.8 Å². The number of pyridine rings is 1. The summed E-state index contributed by atoms with van der Waals surface area (Å²) in [6.45, 7) is 4.04. The van der Waals surface area contributed by atoms with Gasteiger partial charge in [-0.25, -0.2) is 12.7 Å². The number of aryl methyl sites for hydroxylation is 2. The molecule has 152 valence electrons. The first-order chi connectivity index (χ1) is 13.7. The molecule has 0 aliphatic carbocycles. The number of benzene rings is 2. The zero-order valence-electron chi connectivity index (χ0n) is 17.1. The number of hydrogen-bond acceptors (Lipinski definition) is 4. The van der Waals surface area contributed by atoms with Gasteiger partial charge in [-0.1, -0.05) is 36.4 Å². The summed E-state index contributed by atoms with van der Waals surface area (Å²) >= 11 is 0. The zero-order valence-corrected chi connectivity index (χ0v) is 17.9. The molecule has 1 amide bonds. The van der Waals surface area contributed by atoms with E-state index in [-0.39, 0.29) is 23.8 Å². The summed E-state index contributed by atoms with van der Waals surface area (Å²) in [7, 11) is -0.602. The lowest BCUT2D eigenvalue weighted by Gasteiger charge is -2.16. The van der Waals surface area contributed by atoms with Crippen LogP contribution < -0.4 is 5.32 Å². The SMILES string of the molecule is Cc1nc2ccccc2c(C)c1CC(=O)NCc1ccccc1S(=O)(=O)N(C)C. The Balaban J connectivity index is 1.80. The lowest BCUT2D eigenvalue weighted by Crippen LogP contribution is -2.28. The molecular formula is C22H25N3O3S. The summed E-state index contributed by atoms with van der Waals surface area (Å²) < 4.78 is 26.2. The summed E-state index contributed by atoms with van der Waals surface area (Å²) in [6, 6.07) is 14.6. The van der Waals surface area contributed by atoms with Gasteiger partial charge in [0.2, 0.25) is 15.9 Å². The van der Waals surface area contributed by atoms with Gasteiger partial charge in [-0.05, 0) is 42.7 Å². The largest absolute Gasteiger partial charge is 0.352 e. The van der Waals surface area contributed by atoms with Gasteiger partial charge in [0.1, 0.15) is 0 Å². The highest BCUT2D eigenvalue weighted by atomic mass is 32.2. The molecule has 3 aromatic rings. The normalized spacial score (nSPS) is 11.8. The summed E-state index contributed by atoms with van der Waals surface area (Å²) in [6.07, 6.45) is 0.193. The Labute approximate surface area is 171 Å². The van der Waals surface area contributed by atoms with Crippen molar-refractivity contribution in [2.75, 3.05) is 14.1 Å². The third-order valence-electron chi connectivity index (χ3n) is 5.03. The monoisotopic (exact) mass is 411 g/mol. The minimum atomic E-state index is -3.58. The van der Waals surface area contributed by atoms with Crippen LogP contribution in [0.3, 0.4) is 0 Å². The van der Waals surface area contributed by atoms with Crippen LogP contribution in [-0.4, -0.2) is 37.7 Å². The van der Waals surface area contributed by atoms with Crippen LogP contribution in [0.4, 0.5) is 0 Å². The molecular weight excluding hydrogens is 386 g/mol. The van der Waals surface area contributed by atoms with E-state index < -0.39 is 10.0 Å². The molecule has 1 heterocycles. The number of carbonyl (C=O) groups excluding carboxylic acids is 1. The molecule has 0 atom stereocenters. The van der Waals surface area contributed by atoms with Crippen LogP contribution in [0, 0.1) is 13.8 Å². The predicted molar refractivity (Wildman–Crippen MR) is 114 cm³/mol. The van der Waals surface area contributed by atoms with Crippen molar-refractivity contribution in [1.29, 1.82) is 0 Å². The van der Waals surface area contributed by atoms with Crippen LogP contribution in [-0.2, 0) is 27.8 Å². The maximum Gasteiger partial charge on any atom is 0.242 e. The number of nitrogens with one attached hydrogen (secondary N) is 1. The minimum absolute atomic E-state index is 0.140. The Hall–Kier alpha value is -2.77. The van der Waals surface area contributed by atoms with Gasteiger partial charge in [0.15, 0.2) is 0 Å². The number of sulfonamides is 1. The molecule has 1 aromatic heterocycles. The molecule has 0 aliphatic rings. The number of aromatic nitrogens is 1. The van der Waals surface area contributed by atoms with Crippen LogP contribution in [0.1, 0.15) is 22.4 Å². The van der Waals surface area contributed by atoms with E-state index >= 15 is 0 Å². The third kappa shape index (κ3) is 4.31. The molecule has 0 unspecified atom stereocenters. The highest BCUT2D eigenvalue weighted by molar-refractivity contribution is 7.89. The van der Waals surface area contributed by atoms with Crippen molar-refractivity contribution in [2.45, 2.75) is 31.7 Å². The molecule has 6 nitrogen and oxygen atoms in total. The van der Waals surface area contributed by atoms with Crippen molar-refractivity contribution in [2.24, 2.45) is 0 Å². The fourth-order valence-electron chi connectivity index (χ4n) is 3.35. The van der Waals surface area contributed by atoms with Crippen molar-refractivity contribution < 1.29 is 13.2 Å². The van der Waals surface area contributed by atoms with Crippen LogP contribution in [0.15, 0.2) is 53.4 Å². The van der Waals surface area contributed by atoms with Gasteiger partial charge in [-0.2, -0.15) is 0 Å². The smallest absolute Gasteiger partial charge is 0.242 e. The summed E-state index contributed by atoms with van der Waals surface area (Å²) in [4.78, 5) is 17.4. The van der Waals surface area contributed by atoms with E-state index in [4.69, 9.17) is 0 Å². The first-order valence-corrected chi connectivity index (χ1v) is 10.8. The standard InChI is InChI=1S/C22H25N3O3S/c1-15-18-10-6-7-11-20(18)24-16(2)19(15)13-22(26)23-14-17-9-5-8-12-21(17)29(27,28)25(3)4/h5-12H,13-14H2,1-4H3,(H,23,26). The first kappa shape index (κ1) is 21.0. The van der Waals surface area contributed by atoms with Crippen molar-refractivity contribution in [3.05, 3.63) is 70.9 Å². The van der Waals surface area contributed by atoms with E-state index in [0.29, 0.717) is 5.56 Å². The molecule has 0 radical (unpaired) electrons. The van der Waals surface area contributed by atoms with E-state index in [1.807, 2.05) is 38.1 Å². The van der Waals surface area contributed by atoms with E-state index in [9.17, 15) is 13.2 Å². The Kier molecular flexibility index (Phi) is 6.00. The van der Waals surface area contributed by atoms with E-state index in [1.54, 1.807) is 24.3 Å². The van der Waals surface area contributed by atoms with Crippen LogP contribution >= 0.6 is 0 Å². The number of carbonyl (C=O) groups is 1.